The van der Waals surface area contributed by atoms with Gasteiger partial charge in [-0.15, -0.1) is 10.2 Å². The zero-order valence-electron chi connectivity index (χ0n) is 15.7. The Kier molecular flexibility index (Phi) is 4.80. The Bertz CT molecular complexity index is 998. The van der Waals surface area contributed by atoms with E-state index in [1.165, 1.54) is 0 Å². The van der Waals surface area contributed by atoms with Crippen molar-refractivity contribution in [3.05, 3.63) is 65.4 Å². The van der Waals surface area contributed by atoms with Crippen LogP contribution in [0.15, 0.2) is 48.5 Å². The molecule has 1 aliphatic heterocycles. The molecule has 0 atom stereocenters. The molecule has 2 heterocycles. The van der Waals surface area contributed by atoms with E-state index in [0.29, 0.717) is 36.2 Å². The fourth-order valence-corrected chi connectivity index (χ4v) is 3.03. The summed E-state index contributed by atoms with van der Waals surface area (Å²) in [5.41, 5.74) is 4.08. The summed E-state index contributed by atoms with van der Waals surface area (Å²) in [4.78, 5) is 12.4. The van der Waals surface area contributed by atoms with E-state index in [2.05, 4.69) is 26.9 Å². The minimum Gasteiger partial charge on any atom is -0.486 e. The second-order valence-corrected chi connectivity index (χ2v) is 6.62. The Balaban J connectivity index is 1.44. The van der Waals surface area contributed by atoms with Crippen LogP contribution in [0.1, 0.15) is 21.6 Å². The molecule has 0 bridgehead atoms. The maximum Gasteiger partial charge on any atom is 0.276 e. The van der Waals surface area contributed by atoms with Crippen LogP contribution in [-0.2, 0) is 0 Å². The molecule has 142 valence electrons. The van der Waals surface area contributed by atoms with E-state index in [-0.39, 0.29) is 11.6 Å². The molecule has 7 heteroatoms. The summed E-state index contributed by atoms with van der Waals surface area (Å²) in [5, 5.41) is 14.1. The van der Waals surface area contributed by atoms with Crippen LogP contribution < -0.4 is 20.1 Å². The summed E-state index contributed by atoms with van der Waals surface area (Å²) in [6, 6.07) is 14.8. The average molecular weight is 376 g/mol. The summed E-state index contributed by atoms with van der Waals surface area (Å²) >= 11 is 0. The molecule has 0 radical (unpaired) electrons. The minimum atomic E-state index is -0.345. The Morgan fingerprint density at radius 1 is 0.857 bits per heavy atom. The van der Waals surface area contributed by atoms with Crippen molar-refractivity contribution in [2.45, 2.75) is 13.8 Å². The van der Waals surface area contributed by atoms with E-state index in [9.17, 15) is 4.79 Å². The first-order chi connectivity index (χ1) is 13.6. The average Bonchev–Trinajstić information content (AvgIpc) is 2.67. The number of ether oxygens (including phenoxy) is 2. The lowest BCUT2D eigenvalue weighted by Gasteiger charge is -2.18. The molecule has 0 saturated heterocycles. The third-order valence-corrected chi connectivity index (χ3v) is 4.19. The highest BCUT2D eigenvalue weighted by Gasteiger charge is 2.14. The molecule has 3 aromatic rings. The van der Waals surface area contributed by atoms with Crippen LogP contribution >= 0.6 is 0 Å². The van der Waals surface area contributed by atoms with Crippen molar-refractivity contribution in [1.82, 2.24) is 10.2 Å². The fourth-order valence-electron chi connectivity index (χ4n) is 3.03. The third kappa shape index (κ3) is 4.03. The smallest absolute Gasteiger partial charge is 0.276 e. The van der Waals surface area contributed by atoms with Gasteiger partial charge < -0.3 is 20.1 Å². The summed E-state index contributed by atoms with van der Waals surface area (Å²) in [6.07, 6.45) is 0. The van der Waals surface area contributed by atoms with Crippen molar-refractivity contribution in [3.63, 3.8) is 0 Å². The van der Waals surface area contributed by atoms with Gasteiger partial charge in [-0.05, 0) is 61.4 Å². The molecule has 0 unspecified atom stereocenters. The van der Waals surface area contributed by atoms with Crippen molar-refractivity contribution in [3.8, 4) is 11.5 Å². The fraction of sp³-hybridized carbons (Fsp3) is 0.190. The lowest BCUT2D eigenvalue weighted by atomic mass is 10.1. The molecule has 2 aromatic carbocycles. The Hall–Kier alpha value is -3.61. The van der Waals surface area contributed by atoms with E-state index in [4.69, 9.17) is 9.47 Å². The number of carbonyl (C=O) groups excluding carboxylic acids is 1. The van der Waals surface area contributed by atoms with Gasteiger partial charge in [0, 0.05) is 17.4 Å². The Labute approximate surface area is 162 Å². The van der Waals surface area contributed by atoms with Crippen molar-refractivity contribution in [2.75, 3.05) is 23.8 Å². The number of aromatic nitrogens is 2. The van der Waals surface area contributed by atoms with Gasteiger partial charge >= 0.3 is 0 Å². The Morgan fingerprint density at radius 2 is 1.61 bits per heavy atom. The second-order valence-electron chi connectivity index (χ2n) is 6.62. The largest absolute Gasteiger partial charge is 0.486 e. The van der Waals surface area contributed by atoms with Gasteiger partial charge in [0.15, 0.2) is 23.0 Å². The molecule has 0 saturated carbocycles. The van der Waals surface area contributed by atoms with Crippen LogP contribution in [0, 0.1) is 13.8 Å². The number of rotatable bonds is 4. The number of nitrogens with zero attached hydrogens (tertiary/aromatic N) is 2. The van der Waals surface area contributed by atoms with E-state index < -0.39 is 0 Å². The van der Waals surface area contributed by atoms with Gasteiger partial charge in [0.1, 0.15) is 13.2 Å². The summed E-state index contributed by atoms with van der Waals surface area (Å²) in [6.45, 7) is 5.09. The summed E-state index contributed by atoms with van der Waals surface area (Å²) in [7, 11) is 0. The second kappa shape index (κ2) is 7.56. The highest BCUT2D eigenvalue weighted by molar-refractivity contribution is 6.03. The lowest BCUT2D eigenvalue weighted by molar-refractivity contribution is 0.102. The SMILES string of the molecule is Cc1cc(C)cc(Nc2ccc(C(=O)Nc3ccc4c(c3)OCCO4)nn2)c1. The quantitative estimate of drug-likeness (QED) is 0.719. The van der Waals surface area contributed by atoms with E-state index in [1.54, 1.807) is 30.3 Å². The molecule has 1 amide bonds. The van der Waals surface area contributed by atoms with Crippen LogP contribution in [0.25, 0.3) is 0 Å². The first kappa shape index (κ1) is 17.8. The standard InChI is InChI=1S/C21H20N4O3/c1-13-9-14(2)11-16(10-13)22-20-6-4-17(24-25-20)21(26)23-15-3-5-18-19(12-15)28-8-7-27-18/h3-6,9-12H,7-8H2,1-2H3,(H,22,25)(H,23,26). The number of amides is 1. The predicted molar refractivity (Wildman–Crippen MR) is 107 cm³/mol. The van der Waals surface area contributed by atoms with E-state index in [1.807, 2.05) is 26.0 Å². The van der Waals surface area contributed by atoms with Gasteiger partial charge in [-0.2, -0.15) is 0 Å². The normalized spacial score (nSPS) is 12.4. The van der Waals surface area contributed by atoms with Gasteiger partial charge in [0.25, 0.3) is 5.91 Å². The van der Waals surface area contributed by atoms with Crippen LogP contribution in [0.3, 0.4) is 0 Å². The van der Waals surface area contributed by atoms with Crippen LogP contribution in [0.4, 0.5) is 17.2 Å². The molecule has 4 rings (SSSR count). The minimum absolute atomic E-state index is 0.223. The lowest BCUT2D eigenvalue weighted by Crippen LogP contribution is -2.17. The van der Waals surface area contributed by atoms with Gasteiger partial charge in [0.2, 0.25) is 0 Å². The summed E-state index contributed by atoms with van der Waals surface area (Å²) in [5.74, 6) is 1.51. The first-order valence-corrected chi connectivity index (χ1v) is 8.97. The number of carbonyl (C=O) groups is 1. The maximum atomic E-state index is 12.4. The van der Waals surface area contributed by atoms with Gasteiger partial charge in [0.05, 0.1) is 0 Å². The van der Waals surface area contributed by atoms with Gasteiger partial charge in [-0.3, -0.25) is 4.79 Å². The number of fused-ring (bicyclic) bond motifs is 1. The molecule has 1 aromatic heterocycles. The van der Waals surface area contributed by atoms with Gasteiger partial charge in [-0.1, -0.05) is 6.07 Å². The van der Waals surface area contributed by atoms with Crippen molar-refractivity contribution >= 4 is 23.1 Å². The number of aryl methyl sites for hydroxylation is 2. The molecule has 1 aliphatic rings. The van der Waals surface area contributed by atoms with E-state index in [0.717, 1.165) is 16.8 Å². The van der Waals surface area contributed by atoms with Crippen molar-refractivity contribution < 1.29 is 14.3 Å². The molecule has 7 nitrogen and oxygen atoms in total. The number of benzene rings is 2. The van der Waals surface area contributed by atoms with Crippen LogP contribution in [0.2, 0.25) is 0 Å². The topological polar surface area (TPSA) is 85.4 Å². The van der Waals surface area contributed by atoms with Crippen LogP contribution in [-0.4, -0.2) is 29.3 Å². The highest BCUT2D eigenvalue weighted by Crippen LogP contribution is 2.32. The monoisotopic (exact) mass is 376 g/mol. The Morgan fingerprint density at radius 3 is 2.32 bits per heavy atom. The molecule has 0 spiro atoms. The van der Waals surface area contributed by atoms with E-state index >= 15 is 0 Å². The molecule has 2 N–H and O–H groups in total. The molecular weight excluding hydrogens is 356 g/mol. The maximum absolute atomic E-state index is 12.4. The zero-order valence-corrected chi connectivity index (χ0v) is 15.7. The van der Waals surface area contributed by atoms with Crippen molar-refractivity contribution in [2.24, 2.45) is 0 Å². The predicted octanol–water partition coefficient (Wildman–Crippen LogP) is 3.86. The van der Waals surface area contributed by atoms with Gasteiger partial charge in [-0.25, -0.2) is 0 Å². The van der Waals surface area contributed by atoms with Crippen LogP contribution in [0.5, 0.6) is 11.5 Å². The summed E-state index contributed by atoms with van der Waals surface area (Å²) < 4.78 is 11.0. The van der Waals surface area contributed by atoms with Crippen molar-refractivity contribution in [1.29, 1.82) is 0 Å². The molecule has 0 aliphatic carbocycles. The molecule has 0 fully saturated rings. The number of hydrogen-bond acceptors (Lipinski definition) is 6. The highest BCUT2D eigenvalue weighted by atomic mass is 16.6. The number of nitrogens with one attached hydrogen (secondary N) is 2. The number of hydrogen-bond donors (Lipinski definition) is 2. The first-order valence-electron chi connectivity index (χ1n) is 8.97. The number of anilines is 3. The third-order valence-electron chi connectivity index (χ3n) is 4.19. The molecular formula is C21H20N4O3. The zero-order chi connectivity index (χ0) is 19.5. The molecule has 28 heavy (non-hydrogen) atoms.